The van der Waals surface area contributed by atoms with Gasteiger partial charge in [0.25, 0.3) is 0 Å². The topological polar surface area (TPSA) is 86.5 Å². The van der Waals surface area contributed by atoms with Crippen molar-refractivity contribution < 1.29 is 17.9 Å². The van der Waals surface area contributed by atoms with Crippen LogP contribution in [0.2, 0.25) is 0 Å². The number of ether oxygens (including phenoxy) is 1. The maximum absolute atomic E-state index is 11.0. The van der Waals surface area contributed by atoms with Crippen molar-refractivity contribution in [3.63, 3.8) is 0 Å². The number of rotatable bonds is 4. The molecule has 0 aliphatic rings. The van der Waals surface area contributed by atoms with Gasteiger partial charge in [-0.15, -0.1) is 0 Å². The molecule has 0 aliphatic carbocycles. The van der Waals surface area contributed by atoms with Crippen LogP contribution < -0.4 is 10.5 Å². The van der Waals surface area contributed by atoms with Crippen LogP contribution in [0.5, 0.6) is 5.75 Å². The van der Waals surface area contributed by atoms with Gasteiger partial charge >= 0.3 is 0 Å². The number of benzene rings is 1. The number of carbonyl (C=O) groups is 1. The van der Waals surface area contributed by atoms with Crippen molar-refractivity contribution in [2.45, 2.75) is 0 Å². The fourth-order valence-electron chi connectivity index (χ4n) is 1.17. The van der Waals surface area contributed by atoms with Crippen LogP contribution in [0.3, 0.4) is 0 Å². The Hall–Kier alpha value is -2.08. The van der Waals surface area contributed by atoms with E-state index in [1.165, 1.54) is 13.2 Å². The fourth-order valence-corrected chi connectivity index (χ4v) is 1.44. The smallest absolute Gasteiger partial charge is 0.218 e. The SMILES string of the molecule is COc1ccc(C=CC(=O)C=S(=O)=O)cc1N. The predicted molar refractivity (Wildman–Crippen MR) is 66.4 cm³/mol. The second-order valence-corrected chi connectivity index (χ2v) is 3.87. The summed E-state index contributed by atoms with van der Waals surface area (Å²) in [6.45, 7) is 0. The Morgan fingerprint density at radius 3 is 2.65 bits per heavy atom. The van der Waals surface area contributed by atoms with Crippen molar-refractivity contribution in [2.75, 3.05) is 12.8 Å². The summed E-state index contributed by atoms with van der Waals surface area (Å²) in [5, 5.41) is 0.587. The van der Waals surface area contributed by atoms with E-state index in [4.69, 9.17) is 10.5 Å². The van der Waals surface area contributed by atoms with E-state index in [0.29, 0.717) is 22.4 Å². The number of methoxy groups -OCH3 is 1. The molecule has 1 rings (SSSR count). The zero-order valence-electron chi connectivity index (χ0n) is 9.08. The molecule has 0 heterocycles. The molecule has 0 radical (unpaired) electrons. The summed E-state index contributed by atoms with van der Waals surface area (Å²) >= 11 is 0. The summed E-state index contributed by atoms with van der Waals surface area (Å²) in [6.07, 6.45) is 2.62. The molecular formula is C11H11NO4S. The molecule has 1 aromatic rings. The van der Waals surface area contributed by atoms with E-state index in [-0.39, 0.29) is 0 Å². The van der Waals surface area contributed by atoms with Crippen molar-refractivity contribution >= 4 is 33.2 Å². The third kappa shape index (κ3) is 4.12. The minimum Gasteiger partial charge on any atom is -0.495 e. The lowest BCUT2D eigenvalue weighted by atomic mass is 10.1. The van der Waals surface area contributed by atoms with Gasteiger partial charge in [-0.2, -0.15) is 8.42 Å². The standard InChI is InChI=1S/C11H11NO4S/c1-16-11-5-3-8(6-10(11)12)2-4-9(13)7-17(14)15/h2-7H,12H2,1H3. The number of ketones is 1. The second-order valence-electron chi connectivity index (χ2n) is 3.12. The zero-order valence-corrected chi connectivity index (χ0v) is 9.90. The van der Waals surface area contributed by atoms with Crippen molar-refractivity contribution in [2.24, 2.45) is 0 Å². The van der Waals surface area contributed by atoms with Gasteiger partial charge in [0.1, 0.15) is 11.1 Å². The minimum atomic E-state index is -2.48. The van der Waals surface area contributed by atoms with Gasteiger partial charge in [0, 0.05) is 0 Å². The lowest BCUT2D eigenvalue weighted by Crippen LogP contribution is -1.94. The first-order chi connectivity index (χ1) is 8.02. The van der Waals surface area contributed by atoms with E-state index in [9.17, 15) is 13.2 Å². The fraction of sp³-hybridized carbons (Fsp3) is 0.0909. The molecule has 0 atom stereocenters. The van der Waals surface area contributed by atoms with Crippen molar-refractivity contribution in [3.05, 3.63) is 29.8 Å². The van der Waals surface area contributed by atoms with Crippen LogP contribution in [-0.2, 0) is 15.1 Å². The molecule has 0 bridgehead atoms. The van der Waals surface area contributed by atoms with E-state index in [1.54, 1.807) is 18.2 Å². The normalized spacial score (nSPS) is 10.2. The first kappa shape index (κ1) is 13.0. The first-order valence-corrected chi connectivity index (χ1v) is 5.75. The lowest BCUT2D eigenvalue weighted by molar-refractivity contribution is -0.108. The number of nitrogen functional groups attached to an aromatic ring is 1. The second kappa shape index (κ2) is 5.86. The van der Waals surface area contributed by atoms with E-state index >= 15 is 0 Å². The van der Waals surface area contributed by atoms with Gasteiger partial charge in [0.2, 0.25) is 10.3 Å². The summed E-state index contributed by atoms with van der Waals surface area (Å²) in [6, 6.07) is 4.98. The molecule has 0 aliphatic heterocycles. The van der Waals surface area contributed by atoms with Gasteiger partial charge in [0.05, 0.1) is 12.8 Å². The van der Waals surface area contributed by atoms with Crippen LogP contribution in [0.15, 0.2) is 24.3 Å². The van der Waals surface area contributed by atoms with Crippen molar-refractivity contribution in [1.82, 2.24) is 0 Å². The van der Waals surface area contributed by atoms with Gasteiger partial charge in [-0.25, -0.2) is 0 Å². The predicted octanol–water partition coefficient (Wildman–Crippen LogP) is 0.541. The van der Waals surface area contributed by atoms with Crippen LogP contribution in [0.25, 0.3) is 6.08 Å². The van der Waals surface area contributed by atoms with Crippen molar-refractivity contribution in [1.29, 1.82) is 0 Å². The average molecular weight is 253 g/mol. The van der Waals surface area contributed by atoms with E-state index in [1.807, 2.05) is 0 Å². The van der Waals surface area contributed by atoms with Gasteiger partial charge in [-0.05, 0) is 23.8 Å². The molecule has 0 saturated carbocycles. The highest BCUT2D eigenvalue weighted by molar-refractivity contribution is 7.73. The number of hydrogen-bond acceptors (Lipinski definition) is 5. The summed E-state index contributed by atoms with van der Waals surface area (Å²) in [4.78, 5) is 11.0. The Bertz CT molecular complexity index is 579. The van der Waals surface area contributed by atoms with Gasteiger partial charge in [0.15, 0.2) is 5.78 Å². The highest BCUT2D eigenvalue weighted by Crippen LogP contribution is 2.22. The highest BCUT2D eigenvalue weighted by Gasteiger charge is 1.98. The molecule has 17 heavy (non-hydrogen) atoms. The van der Waals surface area contributed by atoms with Gasteiger partial charge in [-0.3, -0.25) is 4.79 Å². The Morgan fingerprint density at radius 2 is 2.12 bits per heavy atom. The van der Waals surface area contributed by atoms with Gasteiger partial charge in [-0.1, -0.05) is 12.1 Å². The number of nitrogens with two attached hydrogens (primary N) is 1. The maximum Gasteiger partial charge on any atom is 0.218 e. The molecule has 2 N–H and O–H groups in total. The Morgan fingerprint density at radius 1 is 1.41 bits per heavy atom. The van der Waals surface area contributed by atoms with E-state index < -0.39 is 16.1 Å². The van der Waals surface area contributed by atoms with Gasteiger partial charge < -0.3 is 10.5 Å². The molecule has 0 unspecified atom stereocenters. The Balaban J connectivity index is 2.89. The molecule has 90 valence electrons. The number of carbonyl (C=O) groups excluding carboxylic acids is 1. The first-order valence-electron chi connectivity index (χ1n) is 4.61. The molecule has 6 heteroatoms. The lowest BCUT2D eigenvalue weighted by Gasteiger charge is -2.04. The zero-order chi connectivity index (χ0) is 12.8. The number of allylic oxidation sites excluding steroid dienone is 1. The molecule has 1 aromatic carbocycles. The molecule has 0 aromatic heterocycles. The third-order valence-corrected chi connectivity index (χ3v) is 2.33. The van der Waals surface area contributed by atoms with Crippen LogP contribution in [-0.4, -0.2) is 26.7 Å². The van der Waals surface area contributed by atoms with Crippen LogP contribution in [0.4, 0.5) is 5.69 Å². The largest absolute Gasteiger partial charge is 0.495 e. The summed E-state index contributed by atoms with van der Waals surface area (Å²) in [5.41, 5.74) is 6.79. The quantitative estimate of drug-likeness (QED) is 0.481. The molecular weight excluding hydrogens is 242 g/mol. The minimum absolute atomic E-state index is 0.443. The number of anilines is 1. The monoisotopic (exact) mass is 253 g/mol. The maximum atomic E-state index is 11.0. The molecule has 0 spiro atoms. The highest BCUT2D eigenvalue weighted by atomic mass is 32.2. The third-order valence-electron chi connectivity index (χ3n) is 1.91. The van der Waals surface area contributed by atoms with Crippen molar-refractivity contribution in [3.8, 4) is 5.75 Å². The van der Waals surface area contributed by atoms with Crippen LogP contribution >= 0.6 is 0 Å². The summed E-state index contributed by atoms with van der Waals surface area (Å²) in [5.74, 6) is -0.0616. The summed E-state index contributed by atoms with van der Waals surface area (Å²) in [7, 11) is -0.980. The Labute approximate surface area is 100 Å². The molecule has 5 nitrogen and oxygen atoms in total. The van der Waals surface area contributed by atoms with E-state index in [0.717, 1.165) is 6.08 Å². The van der Waals surface area contributed by atoms with Crippen LogP contribution in [0.1, 0.15) is 5.56 Å². The van der Waals surface area contributed by atoms with E-state index in [2.05, 4.69) is 0 Å². The van der Waals surface area contributed by atoms with Crippen LogP contribution in [0, 0.1) is 0 Å². The molecule has 0 fully saturated rings. The number of hydrogen-bond donors (Lipinski definition) is 1. The average Bonchev–Trinajstić information content (AvgIpc) is 2.25. The summed E-state index contributed by atoms with van der Waals surface area (Å²) < 4.78 is 25.4. The molecule has 0 saturated heterocycles. The molecule has 0 amide bonds. The Kier molecular flexibility index (Phi) is 4.47.